The van der Waals surface area contributed by atoms with Gasteiger partial charge in [-0.05, 0) is 90.8 Å². The molecule has 192 valence electrons. The second-order valence-electron chi connectivity index (χ2n) is 14.3. The Morgan fingerprint density at radius 2 is 1.58 bits per heavy atom. The standard InChI is InChI=1S/C32H58O/c1-10-22(3)27(25(6)30(33)26-14-12-11-13-15-26)17-16-21(2)18-23(4)28-19-32(9)20-29(24(28)5)31(32,7)8/h21-29H,10-20H2,1-9H3/t21-,22-,23-,24+,25?,27+,28?,29?,32?/m0/s1. The topological polar surface area (TPSA) is 17.1 Å². The highest BCUT2D eigenvalue weighted by Crippen LogP contribution is 2.71. The van der Waals surface area contributed by atoms with Crippen molar-refractivity contribution in [2.45, 2.75) is 133 Å². The zero-order valence-electron chi connectivity index (χ0n) is 23.9. The van der Waals surface area contributed by atoms with Crippen LogP contribution < -0.4 is 0 Å². The molecule has 4 aliphatic rings. The van der Waals surface area contributed by atoms with E-state index in [9.17, 15) is 4.79 Å². The van der Waals surface area contributed by atoms with E-state index in [1.165, 1.54) is 57.8 Å². The van der Waals surface area contributed by atoms with Gasteiger partial charge in [-0.25, -0.2) is 0 Å². The van der Waals surface area contributed by atoms with E-state index in [1.54, 1.807) is 0 Å². The Kier molecular flexibility index (Phi) is 8.87. The fraction of sp³-hybridized carbons (Fsp3) is 0.969. The lowest BCUT2D eigenvalue weighted by Gasteiger charge is -2.69. The molecule has 0 aliphatic heterocycles. The lowest BCUT2D eigenvalue weighted by molar-refractivity contribution is -0.206. The Morgan fingerprint density at radius 3 is 2.15 bits per heavy atom. The van der Waals surface area contributed by atoms with Crippen molar-refractivity contribution in [3.05, 3.63) is 0 Å². The van der Waals surface area contributed by atoms with Gasteiger partial charge >= 0.3 is 0 Å². The summed E-state index contributed by atoms with van der Waals surface area (Å²) in [6.07, 6.45) is 14.2. The largest absolute Gasteiger partial charge is 0.299 e. The maximum atomic E-state index is 13.3. The van der Waals surface area contributed by atoms with Gasteiger partial charge in [0.15, 0.2) is 0 Å². The number of hydrogen-bond acceptors (Lipinski definition) is 1. The fourth-order valence-electron chi connectivity index (χ4n) is 8.94. The maximum absolute atomic E-state index is 13.3. The van der Waals surface area contributed by atoms with Gasteiger partial charge in [-0.15, -0.1) is 0 Å². The second-order valence-corrected chi connectivity index (χ2v) is 14.3. The van der Waals surface area contributed by atoms with Crippen LogP contribution in [0.15, 0.2) is 0 Å². The van der Waals surface area contributed by atoms with Crippen molar-refractivity contribution in [1.82, 2.24) is 0 Å². The van der Waals surface area contributed by atoms with Crippen LogP contribution in [0.5, 0.6) is 0 Å². The molecule has 0 spiro atoms. The highest BCUT2D eigenvalue weighted by molar-refractivity contribution is 5.83. The summed E-state index contributed by atoms with van der Waals surface area (Å²) in [5.74, 6) is 6.77. The molecule has 4 fully saturated rings. The summed E-state index contributed by atoms with van der Waals surface area (Å²) in [4.78, 5) is 13.3. The summed E-state index contributed by atoms with van der Waals surface area (Å²) in [5, 5.41) is 0. The highest BCUT2D eigenvalue weighted by atomic mass is 16.1. The van der Waals surface area contributed by atoms with Crippen LogP contribution in [0.1, 0.15) is 133 Å². The molecular formula is C32H58O. The molecule has 2 bridgehead atoms. The van der Waals surface area contributed by atoms with E-state index in [-0.39, 0.29) is 5.92 Å². The molecule has 0 radical (unpaired) electrons. The number of ketones is 1. The smallest absolute Gasteiger partial charge is 0.139 e. The number of carbonyl (C=O) groups excluding carboxylic acids is 1. The van der Waals surface area contributed by atoms with Crippen LogP contribution in [0.3, 0.4) is 0 Å². The van der Waals surface area contributed by atoms with Gasteiger partial charge in [0.1, 0.15) is 5.78 Å². The summed E-state index contributed by atoms with van der Waals surface area (Å²) in [7, 11) is 0. The molecule has 0 heterocycles. The fourth-order valence-corrected chi connectivity index (χ4v) is 8.94. The van der Waals surface area contributed by atoms with Crippen molar-refractivity contribution >= 4 is 5.78 Å². The van der Waals surface area contributed by atoms with Gasteiger partial charge in [0, 0.05) is 11.8 Å². The van der Waals surface area contributed by atoms with Crippen LogP contribution in [0, 0.1) is 64.1 Å². The lowest BCUT2D eigenvalue weighted by atomic mass is 9.35. The number of carbonyl (C=O) groups is 1. The van der Waals surface area contributed by atoms with Gasteiger partial charge in [-0.2, -0.15) is 0 Å². The van der Waals surface area contributed by atoms with Crippen molar-refractivity contribution < 1.29 is 4.79 Å². The van der Waals surface area contributed by atoms with Crippen molar-refractivity contribution in [1.29, 1.82) is 0 Å². The third-order valence-corrected chi connectivity index (χ3v) is 12.1. The van der Waals surface area contributed by atoms with E-state index in [2.05, 4.69) is 62.3 Å². The minimum absolute atomic E-state index is 0.250. The molecule has 0 amide bonds. The predicted molar refractivity (Wildman–Crippen MR) is 143 cm³/mol. The van der Waals surface area contributed by atoms with Gasteiger partial charge in [-0.1, -0.05) is 94.4 Å². The Balaban J connectivity index is 1.53. The van der Waals surface area contributed by atoms with Crippen LogP contribution >= 0.6 is 0 Å². The highest BCUT2D eigenvalue weighted by Gasteiger charge is 2.63. The van der Waals surface area contributed by atoms with Crippen LogP contribution in [-0.4, -0.2) is 5.78 Å². The van der Waals surface area contributed by atoms with E-state index in [1.807, 2.05) is 0 Å². The SMILES string of the molecule is CC[C@H](C)[C@@H](CC[C@H](C)C[C@H](C)C1CC2(C)CC([C@@H]1C)C2(C)C)C(C)C(=O)C1CCCCC1. The average molecular weight is 459 g/mol. The van der Waals surface area contributed by atoms with Gasteiger partial charge in [0.2, 0.25) is 0 Å². The van der Waals surface area contributed by atoms with E-state index in [4.69, 9.17) is 0 Å². The van der Waals surface area contributed by atoms with Gasteiger partial charge < -0.3 is 0 Å². The van der Waals surface area contributed by atoms with Crippen LogP contribution in [0.2, 0.25) is 0 Å². The molecule has 4 unspecified atom stereocenters. The monoisotopic (exact) mass is 458 g/mol. The molecule has 0 saturated heterocycles. The first kappa shape index (κ1) is 27.3. The Labute approximate surface area is 207 Å². The zero-order valence-corrected chi connectivity index (χ0v) is 23.9. The van der Waals surface area contributed by atoms with Crippen molar-refractivity contribution in [2.24, 2.45) is 64.1 Å². The summed E-state index contributed by atoms with van der Waals surface area (Å²) in [6, 6.07) is 0. The van der Waals surface area contributed by atoms with E-state index in [0.717, 1.165) is 42.4 Å². The van der Waals surface area contributed by atoms with E-state index < -0.39 is 0 Å². The van der Waals surface area contributed by atoms with E-state index in [0.29, 0.717) is 34.4 Å². The second kappa shape index (κ2) is 10.7. The number of hydrogen-bond donors (Lipinski definition) is 0. The first-order valence-electron chi connectivity index (χ1n) is 15.0. The molecule has 33 heavy (non-hydrogen) atoms. The molecule has 9 atom stereocenters. The number of Topliss-reactive ketones (excluding diaryl/α,β-unsaturated/α-hetero) is 1. The van der Waals surface area contributed by atoms with Crippen molar-refractivity contribution in [3.8, 4) is 0 Å². The van der Waals surface area contributed by atoms with Crippen LogP contribution in [-0.2, 0) is 4.79 Å². The molecule has 0 aromatic rings. The Morgan fingerprint density at radius 1 is 0.939 bits per heavy atom. The molecule has 0 aromatic heterocycles. The third kappa shape index (κ3) is 5.43. The summed E-state index contributed by atoms with van der Waals surface area (Å²) in [5.41, 5.74) is 1.11. The Hall–Kier alpha value is -0.330. The lowest BCUT2D eigenvalue weighted by Crippen LogP contribution is -2.62. The molecule has 0 N–H and O–H groups in total. The number of rotatable bonds is 11. The van der Waals surface area contributed by atoms with Crippen molar-refractivity contribution in [2.75, 3.05) is 0 Å². The summed E-state index contributed by atoms with van der Waals surface area (Å²) >= 11 is 0. The molecule has 4 aliphatic carbocycles. The molecule has 4 rings (SSSR count). The van der Waals surface area contributed by atoms with Crippen LogP contribution in [0.4, 0.5) is 0 Å². The van der Waals surface area contributed by atoms with Gasteiger partial charge in [0.25, 0.3) is 0 Å². The number of fused-ring (bicyclic) bond motifs is 2. The maximum Gasteiger partial charge on any atom is 0.139 e. The molecule has 1 nitrogen and oxygen atoms in total. The predicted octanol–water partition coefficient (Wildman–Crippen LogP) is 9.59. The molecule has 4 saturated carbocycles. The quantitative estimate of drug-likeness (QED) is 0.301. The summed E-state index contributed by atoms with van der Waals surface area (Å²) < 4.78 is 0. The Bertz CT molecular complexity index is 643. The minimum Gasteiger partial charge on any atom is -0.299 e. The normalized spacial score (nSPS) is 36.3. The summed E-state index contributed by atoms with van der Waals surface area (Å²) in [6.45, 7) is 22.3. The van der Waals surface area contributed by atoms with Gasteiger partial charge in [0.05, 0.1) is 0 Å². The zero-order chi connectivity index (χ0) is 24.6. The minimum atomic E-state index is 0.250. The average Bonchev–Trinajstić information content (AvgIpc) is 2.79. The molecule has 0 aromatic carbocycles. The van der Waals surface area contributed by atoms with Gasteiger partial charge in [-0.3, -0.25) is 4.79 Å². The van der Waals surface area contributed by atoms with Crippen molar-refractivity contribution in [3.63, 3.8) is 0 Å². The first-order valence-corrected chi connectivity index (χ1v) is 15.0. The first-order chi connectivity index (χ1) is 15.4. The van der Waals surface area contributed by atoms with E-state index >= 15 is 0 Å². The van der Waals surface area contributed by atoms with Crippen LogP contribution in [0.25, 0.3) is 0 Å². The molecule has 1 heteroatoms. The molecular weight excluding hydrogens is 400 g/mol. The third-order valence-electron chi connectivity index (χ3n) is 12.1.